The van der Waals surface area contributed by atoms with Crippen LogP contribution in [0, 0.1) is 6.92 Å². The second-order valence-electron chi connectivity index (χ2n) is 4.74. The van der Waals surface area contributed by atoms with Gasteiger partial charge in [-0.1, -0.05) is 0 Å². The molecule has 1 aromatic rings. The summed E-state index contributed by atoms with van der Waals surface area (Å²) < 4.78 is 0. The zero-order valence-corrected chi connectivity index (χ0v) is 10.6. The molecule has 0 radical (unpaired) electrons. The van der Waals surface area contributed by atoms with Crippen LogP contribution >= 0.6 is 0 Å². The van der Waals surface area contributed by atoms with Crippen molar-refractivity contribution in [2.45, 2.75) is 26.3 Å². The summed E-state index contributed by atoms with van der Waals surface area (Å²) in [5.41, 5.74) is 5.58. The van der Waals surface area contributed by atoms with E-state index in [0.29, 0.717) is 24.3 Å². The maximum Gasteiger partial charge on any atom is 0.229 e. The van der Waals surface area contributed by atoms with Gasteiger partial charge in [0.15, 0.2) is 0 Å². The van der Waals surface area contributed by atoms with E-state index in [9.17, 15) is 0 Å². The number of aryl methyl sites for hydroxylation is 1. The molecule has 0 unspecified atom stereocenters. The number of hydrogen-bond donors (Lipinski definition) is 2. The predicted octanol–water partition coefficient (Wildman–Crippen LogP) is 0.395. The van der Waals surface area contributed by atoms with Gasteiger partial charge in [-0.3, -0.25) is 0 Å². The van der Waals surface area contributed by atoms with Gasteiger partial charge in [-0.05, 0) is 20.8 Å². The minimum atomic E-state index is -0.293. The van der Waals surface area contributed by atoms with Crippen LogP contribution in [0.2, 0.25) is 0 Å². The summed E-state index contributed by atoms with van der Waals surface area (Å²) in [6.07, 6.45) is 0. The summed E-state index contributed by atoms with van der Waals surface area (Å²) in [5, 5.41) is 3.11. The van der Waals surface area contributed by atoms with Gasteiger partial charge in [-0.25, -0.2) is 0 Å². The molecule has 0 aliphatic carbocycles. The summed E-state index contributed by atoms with van der Waals surface area (Å²) >= 11 is 0. The minimum Gasteiger partial charge on any atom is -0.352 e. The average Bonchev–Trinajstić information content (AvgIpc) is 2.13. The van der Waals surface area contributed by atoms with Gasteiger partial charge in [-0.15, -0.1) is 0 Å². The van der Waals surface area contributed by atoms with E-state index in [0.717, 1.165) is 0 Å². The Morgan fingerprint density at radius 1 is 1.25 bits per heavy atom. The lowest BCUT2D eigenvalue weighted by atomic mass is 10.1. The maximum absolute atomic E-state index is 5.88. The minimum absolute atomic E-state index is 0.293. The Labute approximate surface area is 96.3 Å². The summed E-state index contributed by atoms with van der Waals surface area (Å²) in [7, 11) is 3.79. The zero-order valence-electron chi connectivity index (χ0n) is 10.6. The van der Waals surface area contributed by atoms with Crippen molar-refractivity contribution in [2.75, 3.05) is 30.9 Å². The molecule has 0 spiro atoms. The van der Waals surface area contributed by atoms with Crippen LogP contribution in [0.5, 0.6) is 0 Å². The molecule has 6 nitrogen and oxygen atoms in total. The molecule has 0 aliphatic heterocycles. The third-order valence-electron chi connectivity index (χ3n) is 1.84. The van der Waals surface area contributed by atoms with Crippen LogP contribution in [-0.4, -0.2) is 41.1 Å². The van der Waals surface area contributed by atoms with Crippen LogP contribution in [0.25, 0.3) is 0 Å². The number of hydrogen-bond acceptors (Lipinski definition) is 6. The fourth-order valence-electron chi connectivity index (χ4n) is 1.05. The van der Waals surface area contributed by atoms with Crippen molar-refractivity contribution in [3.8, 4) is 0 Å². The Balaban J connectivity index is 2.81. The Kier molecular flexibility index (Phi) is 3.64. The standard InChI is InChI=1S/C10H20N6/c1-7-13-8(12-6-10(2,3)11)15-9(14-7)16(4)5/h6,11H2,1-5H3,(H,12,13,14,15). The second-order valence-corrected chi connectivity index (χ2v) is 4.74. The van der Waals surface area contributed by atoms with Crippen LogP contribution in [0.15, 0.2) is 0 Å². The van der Waals surface area contributed by atoms with E-state index in [1.165, 1.54) is 0 Å². The highest BCUT2D eigenvalue weighted by Crippen LogP contribution is 2.08. The van der Waals surface area contributed by atoms with Crippen LogP contribution < -0.4 is 16.0 Å². The van der Waals surface area contributed by atoms with E-state index in [1.807, 2.05) is 39.8 Å². The molecule has 0 saturated carbocycles. The van der Waals surface area contributed by atoms with Gasteiger partial charge in [0.25, 0.3) is 0 Å². The number of nitrogens with zero attached hydrogens (tertiary/aromatic N) is 4. The highest BCUT2D eigenvalue weighted by molar-refractivity contribution is 5.35. The molecule has 0 saturated heterocycles. The summed E-state index contributed by atoms with van der Waals surface area (Å²) in [6, 6.07) is 0. The lowest BCUT2D eigenvalue weighted by Gasteiger charge is -2.19. The van der Waals surface area contributed by atoms with Gasteiger partial charge in [-0.2, -0.15) is 15.0 Å². The van der Waals surface area contributed by atoms with Gasteiger partial charge >= 0.3 is 0 Å². The second kappa shape index (κ2) is 4.61. The smallest absolute Gasteiger partial charge is 0.229 e. The van der Waals surface area contributed by atoms with E-state index in [2.05, 4.69) is 20.3 Å². The first-order chi connectivity index (χ1) is 7.28. The van der Waals surface area contributed by atoms with Gasteiger partial charge in [0.2, 0.25) is 11.9 Å². The molecule has 0 bridgehead atoms. The van der Waals surface area contributed by atoms with Crippen molar-refractivity contribution in [3.63, 3.8) is 0 Å². The molecule has 0 aromatic carbocycles. The van der Waals surface area contributed by atoms with Crippen molar-refractivity contribution in [1.29, 1.82) is 0 Å². The molecule has 0 aliphatic rings. The topological polar surface area (TPSA) is 80.0 Å². The van der Waals surface area contributed by atoms with E-state index in [-0.39, 0.29) is 5.54 Å². The number of nitrogens with two attached hydrogens (primary N) is 1. The third-order valence-corrected chi connectivity index (χ3v) is 1.84. The average molecular weight is 224 g/mol. The lowest BCUT2D eigenvalue weighted by Crippen LogP contribution is -2.40. The van der Waals surface area contributed by atoms with Crippen molar-refractivity contribution in [1.82, 2.24) is 15.0 Å². The first-order valence-electron chi connectivity index (χ1n) is 5.21. The summed E-state index contributed by atoms with van der Waals surface area (Å²) in [6.45, 7) is 6.35. The van der Waals surface area contributed by atoms with Crippen LogP contribution in [0.4, 0.5) is 11.9 Å². The Bertz CT molecular complexity index is 355. The van der Waals surface area contributed by atoms with Crippen molar-refractivity contribution >= 4 is 11.9 Å². The number of nitrogens with one attached hydrogen (secondary N) is 1. The van der Waals surface area contributed by atoms with Gasteiger partial charge in [0.05, 0.1) is 0 Å². The number of anilines is 2. The van der Waals surface area contributed by atoms with E-state index < -0.39 is 0 Å². The number of aromatic nitrogens is 3. The molecule has 0 fully saturated rings. The fourth-order valence-corrected chi connectivity index (χ4v) is 1.05. The highest BCUT2D eigenvalue weighted by Gasteiger charge is 2.12. The quantitative estimate of drug-likeness (QED) is 0.770. The summed E-state index contributed by atoms with van der Waals surface area (Å²) in [5.74, 6) is 1.90. The first kappa shape index (κ1) is 12.6. The molecule has 3 N–H and O–H groups in total. The van der Waals surface area contributed by atoms with Crippen LogP contribution in [0.1, 0.15) is 19.7 Å². The fraction of sp³-hybridized carbons (Fsp3) is 0.700. The Morgan fingerprint density at radius 3 is 2.38 bits per heavy atom. The van der Waals surface area contributed by atoms with Crippen molar-refractivity contribution in [3.05, 3.63) is 5.82 Å². The monoisotopic (exact) mass is 224 g/mol. The van der Waals surface area contributed by atoms with Crippen LogP contribution in [-0.2, 0) is 0 Å². The lowest BCUT2D eigenvalue weighted by molar-refractivity contribution is 0.547. The highest BCUT2D eigenvalue weighted by atomic mass is 15.3. The van der Waals surface area contributed by atoms with Gasteiger partial charge < -0.3 is 16.0 Å². The number of rotatable bonds is 4. The Morgan fingerprint density at radius 2 is 1.88 bits per heavy atom. The predicted molar refractivity (Wildman–Crippen MR) is 65.6 cm³/mol. The van der Waals surface area contributed by atoms with Crippen molar-refractivity contribution < 1.29 is 0 Å². The molecular weight excluding hydrogens is 204 g/mol. The van der Waals surface area contributed by atoms with E-state index >= 15 is 0 Å². The van der Waals surface area contributed by atoms with Gasteiger partial charge in [0, 0.05) is 26.2 Å². The molecule has 0 atom stereocenters. The third kappa shape index (κ3) is 3.98. The molecule has 16 heavy (non-hydrogen) atoms. The molecule has 1 heterocycles. The molecule has 1 aromatic heterocycles. The maximum atomic E-state index is 5.88. The normalized spacial score (nSPS) is 11.4. The molecule has 0 amide bonds. The first-order valence-corrected chi connectivity index (χ1v) is 5.21. The van der Waals surface area contributed by atoms with E-state index in [4.69, 9.17) is 5.73 Å². The Hall–Kier alpha value is -1.43. The molecular formula is C10H20N6. The molecule has 6 heteroatoms. The van der Waals surface area contributed by atoms with Crippen molar-refractivity contribution in [2.24, 2.45) is 5.73 Å². The SMILES string of the molecule is Cc1nc(NCC(C)(C)N)nc(N(C)C)n1. The van der Waals surface area contributed by atoms with E-state index in [1.54, 1.807) is 0 Å². The molecule has 1 rings (SSSR count). The summed E-state index contributed by atoms with van der Waals surface area (Å²) in [4.78, 5) is 14.5. The molecule has 90 valence electrons. The zero-order chi connectivity index (χ0) is 12.3. The van der Waals surface area contributed by atoms with Crippen LogP contribution in [0.3, 0.4) is 0 Å². The van der Waals surface area contributed by atoms with Gasteiger partial charge in [0.1, 0.15) is 5.82 Å². The largest absolute Gasteiger partial charge is 0.352 e.